The van der Waals surface area contributed by atoms with Crippen LogP contribution < -0.4 is 0 Å². The van der Waals surface area contributed by atoms with E-state index in [1.165, 1.54) is 15.6 Å². The number of carbonyl (C=O) groups is 1. The predicted molar refractivity (Wildman–Crippen MR) is 69.7 cm³/mol. The summed E-state index contributed by atoms with van der Waals surface area (Å²) >= 11 is 1.20. The fraction of sp³-hybridized carbons (Fsp3) is 0.545. The van der Waals surface area contributed by atoms with Crippen molar-refractivity contribution in [2.45, 2.75) is 23.2 Å². The Kier molecular flexibility index (Phi) is 4.56. The van der Waals surface area contributed by atoms with Gasteiger partial charge in [0.15, 0.2) is 0 Å². The molecule has 8 heteroatoms. The third kappa shape index (κ3) is 3.53. The monoisotopic (exact) mass is 305 g/mol. The Bertz CT molecular complexity index is 517. The molecule has 0 unspecified atom stereocenters. The lowest BCUT2D eigenvalue weighted by atomic mass is 10.1. The first-order valence-electron chi connectivity index (χ1n) is 5.87. The minimum absolute atomic E-state index is 0.175. The number of sulfonamides is 1. The number of hydrogen-bond donors (Lipinski definition) is 1. The van der Waals surface area contributed by atoms with Crippen molar-refractivity contribution < 1.29 is 23.1 Å². The Labute approximate surface area is 115 Å². The predicted octanol–water partition coefficient (Wildman–Crippen LogP) is 1.00. The molecule has 1 saturated heterocycles. The molecule has 0 radical (unpaired) electrons. The average molecular weight is 305 g/mol. The van der Waals surface area contributed by atoms with Crippen LogP contribution in [0.3, 0.4) is 0 Å². The third-order valence-electron chi connectivity index (χ3n) is 2.93. The van der Waals surface area contributed by atoms with E-state index in [4.69, 9.17) is 9.84 Å². The van der Waals surface area contributed by atoms with E-state index in [9.17, 15) is 13.2 Å². The quantitative estimate of drug-likeness (QED) is 0.877. The Morgan fingerprint density at radius 2 is 2.16 bits per heavy atom. The van der Waals surface area contributed by atoms with Gasteiger partial charge in [-0.05, 0) is 24.3 Å². The molecule has 1 aromatic rings. The molecule has 0 atom stereocenters. The normalized spacial score (nSPS) is 18.5. The van der Waals surface area contributed by atoms with Gasteiger partial charge in [0.2, 0.25) is 0 Å². The maximum atomic E-state index is 12.2. The first kappa shape index (κ1) is 14.4. The molecule has 2 heterocycles. The van der Waals surface area contributed by atoms with Crippen molar-refractivity contribution in [3.8, 4) is 0 Å². The van der Waals surface area contributed by atoms with Gasteiger partial charge in [0.05, 0.1) is 6.10 Å². The molecule has 2 rings (SSSR count). The molecular formula is C11H15NO5S2. The van der Waals surface area contributed by atoms with Crippen LogP contribution in [0.2, 0.25) is 0 Å². The van der Waals surface area contributed by atoms with Gasteiger partial charge in [0.1, 0.15) is 10.8 Å². The molecule has 0 spiro atoms. The lowest BCUT2D eigenvalue weighted by Gasteiger charge is -2.30. The molecule has 1 N–H and O–H groups in total. The second kappa shape index (κ2) is 6.00. The summed E-state index contributed by atoms with van der Waals surface area (Å²) in [5.41, 5.74) is 0. The van der Waals surface area contributed by atoms with Crippen LogP contribution in [0.15, 0.2) is 21.7 Å². The zero-order valence-corrected chi connectivity index (χ0v) is 11.8. The molecular weight excluding hydrogens is 290 g/mol. The molecule has 0 aromatic carbocycles. The van der Waals surface area contributed by atoms with E-state index in [2.05, 4.69) is 0 Å². The summed E-state index contributed by atoms with van der Waals surface area (Å²) in [4.78, 5) is 10.4. The fourth-order valence-electron chi connectivity index (χ4n) is 1.97. The molecule has 0 bridgehead atoms. The smallest absolute Gasteiger partial charge is 0.329 e. The van der Waals surface area contributed by atoms with Crippen LogP contribution in [0.4, 0.5) is 0 Å². The van der Waals surface area contributed by atoms with Crippen molar-refractivity contribution in [2.24, 2.45) is 0 Å². The number of piperidine rings is 1. The van der Waals surface area contributed by atoms with E-state index in [-0.39, 0.29) is 12.7 Å². The van der Waals surface area contributed by atoms with Gasteiger partial charge in [0.25, 0.3) is 10.0 Å². The highest BCUT2D eigenvalue weighted by atomic mass is 32.2. The fourth-order valence-corrected chi connectivity index (χ4v) is 4.58. The van der Waals surface area contributed by atoms with Gasteiger partial charge in [-0.25, -0.2) is 13.2 Å². The highest BCUT2D eigenvalue weighted by Crippen LogP contribution is 2.24. The number of rotatable bonds is 5. The molecule has 0 amide bonds. The Morgan fingerprint density at radius 1 is 1.47 bits per heavy atom. The number of carboxylic acids is 1. The highest BCUT2D eigenvalue weighted by molar-refractivity contribution is 7.91. The number of thiophene rings is 1. The summed E-state index contributed by atoms with van der Waals surface area (Å²) in [5.74, 6) is -1.01. The lowest BCUT2D eigenvalue weighted by molar-refractivity contribution is -0.145. The standard InChI is InChI=1S/C11H15NO5S2/c13-10(14)8-17-9-3-5-12(6-4-9)19(15,16)11-2-1-7-18-11/h1-2,7,9H,3-6,8H2,(H,13,14). The van der Waals surface area contributed by atoms with Gasteiger partial charge >= 0.3 is 5.97 Å². The second-order valence-electron chi connectivity index (χ2n) is 4.24. The minimum atomic E-state index is -3.39. The van der Waals surface area contributed by atoms with E-state index in [1.807, 2.05) is 0 Å². The molecule has 1 aliphatic heterocycles. The van der Waals surface area contributed by atoms with Crippen molar-refractivity contribution in [3.63, 3.8) is 0 Å². The molecule has 1 fully saturated rings. The van der Waals surface area contributed by atoms with Gasteiger partial charge in [-0.1, -0.05) is 6.07 Å². The van der Waals surface area contributed by atoms with Crippen LogP contribution >= 0.6 is 11.3 Å². The molecule has 106 valence electrons. The zero-order chi connectivity index (χ0) is 13.9. The number of carboxylic acid groups (broad SMARTS) is 1. The molecule has 1 aliphatic rings. The summed E-state index contributed by atoms with van der Waals surface area (Å²) in [6, 6.07) is 3.30. The summed E-state index contributed by atoms with van der Waals surface area (Å²) < 4.78 is 31.4. The van der Waals surface area contributed by atoms with Crippen LogP contribution in [0, 0.1) is 0 Å². The van der Waals surface area contributed by atoms with E-state index in [1.54, 1.807) is 17.5 Å². The first-order chi connectivity index (χ1) is 9.00. The van der Waals surface area contributed by atoms with Gasteiger partial charge < -0.3 is 9.84 Å². The van der Waals surface area contributed by atoms with E-state index in [0.29, 0.717) is 30.1 Å². The summed E-state index contributed by atoms with van der Waals surface area (Å²) in [5, 5.41) is 10.3. The molecule has 1 aromatic heterocycles. The Morgan fingerprint density at radius 3 is 2.68 bits per heavy atom. The number of aliphatic carboxylic acids is 1. The molecule has 0 aliphatic carbocycles. The minimum Gasteiger partial charge on any atom is -0.480 e. The largest absolute Gasteiger partial charge is 0.480 e. The Balaban J connectivity index is 1.91. The van der Waals surface area contributed by atoms with Crippen LogP contribution in [-0.4, -0.2) is 49.6 Å². The third-order valence-corrected chi connectivity index (χ3v) is 6.20. The van der Waals surface area contributed by atoms with Crippen molar-refractivity contribution in [1.82, 2.24) is 4.31 Å². The van der Waals surface area contributed by atoms with E-state index < -0.39 is 16.0 Å². The van der Waals surface area contributed by atoms with Crippen LogP contribution in [0.5, 0.6) is 0 Å². The van der Waals surface area contributed by atoms with Gasteiger partial charge in [-0.3, -0.25) is 0 Å². The SMILES string of the molecule is O=C(O)COC1CCN(S(=O)(=O)c2cccs2)CC1. The summed E-state index contributed by atoms with van der Waals surface area (Å²) in [6.07, 6.45) is 0.876. The van der Waals surface area contributed by atoms with E-state index in [0.717, 1.165) is 0 Å². The topological polar surface area (TPSA) is 83.9 Å². The van der Waals surface area contributed by atoms with Crippen molar-refractivity contribution in [3.05, 3.63) is 17.5 Å². The van der Waals surface area contributed by atoms with Gasteiger partial charge in [-0.2, -0.15) is 4.31 Å². The van der Waals surface area contributed by atoms with E-state index >= 15 is 0 Å². The number of nitrogens with zero attached hydrogens (tertiary/aromatic N) is 1. The number of ether oxygens (including phenoxy) is 1. The zero-order valence-electron chi connectivity index (χ0n) is 10.2. The number of hydrogen-bond acceptors (Lipinski definition) is 5. The highest BCUT2D eigenvalue weighted by Gasteiger charge is 2.30. The van der Waals surface area contributed by atoms with Crippen LogP contribution in [0.25, 0.3) is 0 Å². The maximum absolute atomic E-state index is 12.2. The summed E-state index contributed by atoms with van der Waals surface area (Å²) in [7, 11) is -3.39. The van der Waals surface area contributed by atoms with Crippen molar-refractivity contribution in [1.29, 1.82) is 0 Å². The average Bonchev–Trinajstić information content (AvgIpc) is 2.91. The second-order valence-corrected chi connectivity index (χ2v) is 7.35. The first-order valence-corrected chi connectivity index (χ1v) is 8.19. The van der Waals surface area contributed by atoms with Crippen LogP contribution in [-0.2, 0) is 19.6 Å². The van der Waals surface area contributed by atoms with Crippen molar-refractivity contribution >= 4 is 27.3 Å². The molecule has 0 saturated carbocycles. The summed E-state index contributed by atoms with van der Waals surface area (Å²) in [6.45, 7) is 0.400. The molecule has 19 heavy (non-hydrogen) atoms. The molecule has 6 nitrogen and oxygen atoms in total. The van der Waals surface area contributed by atoms with Gasteiger partial charge in [-0.15, -0.1) is 11.3 Å². The van der Waals surface area contributed by atoms with Gasteiger partial charge in [0, 0.05) is 13.1 Å². The van der Waals surface area contributed by atoms with Crippen molar-refractivity contribution in [2.75, 3.05) is 19.7 Å². The lowest BCUT2D eigenvalue weighted by Crippen LogP contribution is -2.40. The van der Waals surface area contributed by atoms with Crippen LogP contribution in [0.1, 0.15) is 12.8 Å². The maximum Gasteiger partial charge on any atom is 0.329 e. The Hall–Kier alpha value is -0.960.